The van der Waals surface area contributed by atoms with Crippen molar-refractivity contribution >= 4 is 0 Å². The zero-order chi connectivity index (χ0) is 24.7. The summed E-state index contributed by atoms with van der Waals surface area (Å²) >= 11 is 0. The fourth-order valence-corrected chi connectivity index (χ4v) is 4.78. The van der Waals surface area contributed by atoms with Crippen LogP contribution in [0.1, 0.15) is 132 Å². The molecule has 0 bridgehead atoms. The van der Waals surface area contributed by atoms with Crippen LogP contribution in [-0.2, 0) is 4.74 Å². The molecular formula is C31H56O2. The summed E-state index contributed by atoms with van der Waals surface area (Å²) in [5, 5.41) is 10.5. The molecule has 4 unspecified atom stereocenters. The molecule has 0 aromatic rings. The van der Waals surface area contributed by atoms with Gasteiger partial charge in [0.05, 0.1) is 11.7 Å². The predicted molar refractivity (Wildman–Crippen MR) is 146 cm³/mol. The Morgan fingerprint density at radius 2 is 1.79 bits per heavy atom. The van der Waals surface area contributed by atoms with Gasteiger partial charge in [0.2, 0.25) is 0 Å². The third-order valence-electron chi connectivity index (χ3n) is 7.58. The minimum Gasteiger partial charge on any atom is -0.390 e. The molecule has 192 valence electrons. The molecule has 1 rings (SSSR count). The monoisotopic (exact) mass is 460 g/mol. The van der Waals surface area contributed by atoms with E-state index in [1.807, 2.05) is 6.92 Å². The summed E-state index contributed by atoms with van der Waals surface area (Å²) in [6, 6.07) is 0. The fraction of sp³-hybridized carbons (Fsp3) is 0.806. The maximum Gasteiger partial charge on any atom is 0.0850 e. The van der Waals surface area contributed by atoms with Crippen LogP contribution in [0.15, 0.2) is 34.9 Å². The average Bonchev–Trinajstić information content (AvgIpc) is 2.76. The highest BCUT2D eigenvalue weighted by Crippen LogP contribution is 2.32. The first kappa shape index (κ1) is 30.2. The molecule has 2 heteroatoms. The Bertz CT molecular complexity index is 610. The minimum absolute atomic E-state index is 0.273. The van der Waals surface area contributed by atoms with E-state index in [9.17, 15) is 5.11 Å². The van der Waals surface area contributed by atoms with E-state index < -0.39 is 5.60 Å². The maximum atomic E-state index is 10.5. The SMILES string of the molecule is CCCCCC(C)(O)CCC/C(C)=C/CCC(C)CCC1=CC=C(C)C(C)C1OCCCC. The van der Waals surface area contributed by atoms with Crippen molar-refractivity contribution in [3.05, 3.63) is 34.9 Å². The first-order chi connectivity index (χ1) is 15.7. The van der Waals surface area contributed by atoms with Gasteiger partial charge in [-0.25, -0.2) is 0 Å². The molecule has 0 fully saturated rings. The van der Waals surface area contributed by atoms with Gasteiger partial charge in [-0.05, 0) is 90.0 Å². The van der Waals surface area contributed by atoms with E-state index in [-0.39, 0.29) is 6.10 Å². The van der Waals surface area contributed by atoms with Crippen molar-refractivity contribution in [3.8, 4) is 0 Å². The van der Waals surface area contributed by atoms with Gasteiger partial charge in [0.15, 0.2) is 0 Å². The summed E-state index contributed by atoms with van der Waals surface area (Å²) in [4.78, 5) is 0. The van der Waals surface area contributed by atoms with Crippen molar-refractivity contribution < 1.29 is 9.84 Å². The Balaban J connectivity index is 2.34. The van der Waals surface area contributed by atoms with Crippen LogP contribution >= 0.6 is 0 Å². The molecule has 0 saturated heterocycles. The molecule has 0 saturated carbocycles. The van der Waals surface area contributed by atoms with Gasteiger partial charge in [-0.1, -0.05) is 82.8 Å². The molecule has 0 aromatic heterocycles. The summed E-state index contributed by atoms with van der Waals surface area (Å²) in [7, 11) is 0. The van der Waals surface area contributed by atoms with Gasteiger partial charge < -0.3 is 9.84 Å². The van der Waals surface area contributed by atoms with Crippen molar-refractivity contribution in [1.82, 2.24) is 0 Å². The maximum absolute atomic E-state index is 10.5. The summed E-state index contributed by atoms with van der Waals surface area (Å²) in [5.74, 6) is 1.23. The molecule has 0 aromatic carbocycles. The van der Waals surface area contributed by atoms with E-state index in [4.69, 9.17) is 4.74 Å². The van der Waals surface area contributed by atoms with Crippen molar-refractivity contribution in [3.63, 3.8) is 0 Å². The Morgan fingerprint density at radius 1 is 1.09 bits per heavy atom. The summed E-state index contributed by atoms with van der Waals surface area (Å²) in [6.07, 6.45) is 22.2. The molecule has 0 aliphatic heterocycles. The van der Waals surface area contributed by atoms with Crippen LogP contribution in [0.4, 0.5) is 0 Å². The lowest BCUT2D eigenvalue weighted by Gasteiger charge is -2.31. The molecule has 33 heavy (non-hydrogen) atoms. The third kappa shape index (κ3) is 13.0. The summed E-state index contributed by atoms with van der Waals surface area (Å²) in [5.41, 5.74) is 3.94. The van der Waals surface area contributed by atoms with Gasteiger partial charge in [0, 0.05) is 12.5 Å². The fourth-order valence-electron chi connectivity index (χ4n) is 4.78. The molecular weight excluding hydrogens is 404 g/mol. The van der Waals surface area contributed by atoms with Crippen LogP contribution < -0.4 is 0 Å². The highest BCUT2D eigenvalue weighted by molar-refractivity contribution is 5.29. The second-order valence-corrected chi connectivity index (χ2v) is 11.2. The van der Waals surface area contributed by atoms with E-state index in [1.165, 1.54) is 55.2 Å². The second kappa shape index (κ2) is 16.7. The van der Waals surface area contributed by atoms with Crippen LogP contribution in [0, 0.1) is 11.8 Å². The molecule has 0 spiro atoms. The van der Waals surface area contributed by atoms with Gasteiger partial charge in [-0.3, -0.25) is 0 Å². The molecule has 0 amide bonds. The van der Waals surface area contributed by atoms with E-state index >= 15 is 0 Å². The van der Waals surface area contributed by atoms with Gasteiger partial charge in [0.25, 0.3) is 0 Å². The highest BCUT2D eigenvalue weighted by Gasteiger charge is 2.26. The Morgan fingerprint density at radius 3 is 2.48 bits per heavy atom. The number of hydrogen-bond acceptors (Lipinski definition) is 2. The van der Waals surface area contributed by atoms with E-state index in [0.717, 1.165) is 57.5 Å². The van der Waals surface area contributed by atoms with Crippen LogP contribution in [-0.4, -0.2) is 23.4 Å². The molecule has 0 radical (unpaired) electrons. The van der Waals surface area contributed by atoms with Crippen molar-refractivity contribution in [2.45, 2.75) is 144 Å². The molecule has 0 heterocycles. The third-order valence-corrected chi connectivity index (χ3v) is 7.58. The summed E-state index contributed by atoms with van der Waals surface area (Å²) in [6.45, 7) is 16.6. The second-order valence-electron chi connectivity index (χ2n) is 11.2. The van der Waals surface area contributed by atoms with Crippen LogP contribution in [0.25, 0.3) is 0 Å². The van der Waals surface area contributed by atoms with Gasteiger partial charge >= 0.3 is 0 Å². The number of aliphatic hydroxyl groups is 1. The smallest absolute Gasteiger partial charge is 0.0850 e. The van der Waals surface area contributed by atoms with Crippen LogP contribution in [0.2, 0.25) is 0 Å². The molecule has 2 nitrogen and oxygen atoms in total. The number of allylic oxidation sites excluding steroid dienone is 4. The number of rotatable bonds is 18. The average molecular weight is 461 g/mol. The van der Waals surface area contributed by atoms with E-state index in [1.54, 1.807) is 0 Å². The van der Waals surface area contributed by atoms with Gasteiger partial charge in [-0.2, -0.15) is 0 Å². The Labute approximate surface area is 207 Å². The van der Waals surface area contributed by atoms with E-state index in [0.29, 0.717) is 5.92 Å². The van der Waals surface area contributed by atoms with Gasteiger partial charge in [-0.15, -0.1) is 0 Å². The van der Waals surface area contributed by atoms with Crippen molar-refractivity contribution in [2.75, 3.05) is 6.61 Å². The topological polar surface area (TPSA) is 29.5 Å². The highest BCUT2D eigenvalue weighted by atomic mass is 16.5. The number of unbranched alkanes of at least 4 members (excludes halogenated alkanes) is 3. The normalized spacial score (nSPS) is 22.0. The largest absolute Gasteiger partial charge is 0.390 e. The zero-order valence-corrected chi connectivity index (χ0v) is 23.2. The predicted octanol–water partition coefficient (Wildman–Crippen LogP) is 9.34. The van der Waals surface area contributed by atoms with Crippen molar-refractivity contribution in [1.29, 1.82) is 0 Å². The Hall–Kier alpha value is -0.860. The number of ether oxygens (including phenoxy) is 1. The first-order valence-electron chi connectivity index (χ1n) is 14.1. The quantitative estimate of drug-likeness (QED) is 0.163. The Kier molecular flexibility index (Phi) is 15.3. The lowest BCUT2D eigenvalue weighted by atomic mass is 9.83. The minimum atomic E-state index is -0.485. The van der Waals surface area contributed by atoms with Gasteiger partial charge in [0.1, 0.15) is 0 Å². The van der Waals surface area contributed by atoms with Crippen LogP contribution in [0.5, 0.6) is 0 Å². The van der Waals surface area contributed by atoms with Crippen molar-refractivity contribution in [2.24, 2.45) is 11.8 Å². The molecule has 1 aliphatic rings. The first-order valence-corrected chi connectivity index (χ1v) is 14.1. The standard InChI is InChI=1S/C31H56O2/c1-8-10-12-22-31(7,32)23-14-17-25(3)15-13-16-26(4)18-20-29-21-19-27(5)28(6)30(29)33-24-11-9-2/h15,19,21,26,28,30,32H,8-14,16-18,20,22-24H2,1-7H3/b25-15+. The van der Waals surface area contributed by atoms with E-state index in [2.05, 4.69) is 59.8 Å². The molecule has 1 aliphatic carbocycles. The lowest BCUT2D eigenvalue weighted by Crippen LogP contribution is -2.28. The molecule has 4 atom stereocenters. The summed E-state index contributed by atoms with van der Waals surface area (Å²) < 4.78 is 6.32. The zero-order valence-electron chi connectivity index (χ0n) is 23.2. The molecule has 1 N–H and O–H groups in total. The van der Waals surface area contributed by atoms with Crippen LogP contribution in [0.3, 0.4) is 0 Å². The lowest BCUT2D eigenvalue weighted by molar-refractivity contribution is 0.0375. The number of hydrogen-bond donors (Lipinski definition) is 1.